The maximum Gasteiger partial charge on any atom is 5.00 e. The van der Waals surface area contributed by atoms with Crippen LogP contribution in [0.4, 0.5) is 0 Å². The Kier molecular flexibility index (Phi) is 25.3. The van der Waals surface area contributed by atoms with E-state index >= 15 is 0 Å². The zero-order chi connectivity index (χ0) is 45.7. The third-order valence-electron chi connectivity index (χ3n) is 6.83. The molecule has 62 heavy (non-hydrogen) atoms. The Bertz CT molecular complexity index is 1890. The van der Waals surface area contributed by atoms with E-state index < -0.39 is 59.7 Å². The first-order valence-electron chi connectivity index (χ1n) is 15.7. The monoisotopic (exact) mass is 1010 g/mol. The van der Waals surface area contributed by atoms with Gasteiger partial charge in [-0.05, 0) is 0 Å². The second kappa shape index (κ2) is 27.9. The van der Waals surface area contributed by atoms with Crippen molar-refractivity contribution in [3.63, 3.8) is 0 Å². The zero-order valence-corrected chi connectivity index (χ0v) is 35.0. The average molecular weight is 1010 g/mol. The summed E-state index contributed by atoms with van der Waals surface area (Å²) in [5.74, 6) is -15.2. The number of carboxylic acids is 10. The van der Waals surface area contributed by atoms with Gasteiger partial charge in [-0.15, -0.1) is 0 Å². The number of carboxylic acid groups (broad SMARTS) is 10. The van der Waals surface area contributed by atoms with Crippen molar-refractivity contribution in [1.82, 2.24) is 0 Å². The number of hydrogen-bond acceptors (Lipinski definition) is 20. The van der Waals surface area contributed by atoms with Crippen molar-refractivity contribution in [2.45, 2.75) is 0 Å². The molecule has 0 saturated carbocycles. The van der Waals surface area contributed by atoms with Crippen molar-refractivity contribution in [1.29, 1.82) is 0 Å². The Morgan fingerprint density at radius 3 is 0.306 bits per heavy atom. The molecule has 5 aromatic carbocycles. The maximum absolute atomic E-state index is 10.3. The van der Waals surface area contributed by atoms with Gasteiger partial charge in [0.1, 0.15) is 0 Å². The molecule has 22 heteroatoms. The summed E-state index contributed by atoms with van der Waals surface area (Å²) >= 11 is 0. The second-order valence-electron chi connectivity index (χ2n) is 10.6. The molecule has 0 N–H and O–H groups in total. The quantitative estimate of drug-likeness (QED) is 0.117. The summed E-state index contributed by atoms with van der Waals surface area (Å²) in [6.45, 7) is 0. The van der Waals surface area contributed by atoms with Gasteiger partial charge in [0.2, 0.25) is 0 Å². The molecule has 0 spiro atoms. The predicted octanol–water partition coefficient (Wildman–Crippen LogP) is -7.94. The van der Waals surface area contributed by atoms with Crippen LogP contribution in [0, 0.1) is 0 Å². The molecule has 20 nitrogen and oxygen atoms in total. The Morgan fingerprint density at radius 2 is 0.258 bits per heavy atom. The van der Waals surface area contributed by atoms with Crippen LogP contribution in [-0.2, 0) is 44.8 Å². The fraction of sp³-hybridized carbons (Fsp3) is 0. The van der Waals surface area contributed by atoms with Crippen LogP contribution >= 0.6 is 0 Å². The zero-order valence-electron chi connectivity index (χ0n) is 30.6. The smallest absolute Gasteiger partial charge is 0.545 e. The van der Waals surface area contributed by atoms with E-state index in [0.29, 0.717) is 0 Å². The SMILES string of the molecule is O=C([O-])c1ccccc1C(=O)[O-].O=C([O-])c1ccccc1C(=O)[O-].O=C([O-])c1ccccc1C(=O)[O-].O=C([O-])c1ccccc1C(=O)[O-].O=C([O-])c1ccccc1C(=O)[O-].[Nb+5].[Nb+5]. The van der Waals surface area contributed by atoms with Gasteiger partial charge in [0, 0.05) is 55.6 Å². The van der Waals surface area contributed by atoms with Crippen molar-refractivity contribution >= 4 is 59.7 Å². The van der Waals surface area contributed by atoms with Crippen LogP contribution < -0.4 is 51.1 Å². The molecule has 310 valence electrons. The van der Waals surface area contributed by atoms with E-state index in [2.05, 4.69) is 0 Å². The molecule has 0 aliphatic carbocycles. The van der Waals surface area contributed by atoms with E-state index in [0.717, 1.165) is 60.7 Å². The van der Waals surface area contributed by atoms with Crippen molar-refractivity contribution in [2.75, 3.05) is 0 Å². The van der Waals surface area contributed by atoms with Crippen molar-refractivity contribution in [2.24, 2.45) is 0 Å². The first-order valence-corrected chi connectivity index (χ1v) is 15.7. The fourth-order valence-corrected chi connectivity index (χ4v) is 4.20. The molecule has 0 fully saturated rings. The molecule has 0 saturated heterocycles. The number of carbonyl (C=O) groups excluding carboxylic acids is 10. The number of rotatable bonds is 10. The van der Waals surface area contributed by atoms with Gasteiger partial charge in [0.05, 0.1) is 59.7 Å². The molecule has 0 aliphatic rings. The van der Waals surface area contributed by atoms with Crippen LogP contribution in [-0.4, -0.2) is 59.7 Å². The number of benzene rings is 5. The average Bonchev–Trinajstić information content (AvgIpc) is 3.21. The third-order valence-corrected chi connectivity index (χ3v) is 6.83. The molecule has 0 amide bonds. The summed E-state index contributed by atoms with van der Waals surface area (Å²) < 4.78 is 0. The molecule has 0 aliphatic heterocycles. The Hall–Kier alpha value is -7.72. The molecule has 0 atom stereocenters. The third kappa shape index (κ3) is 18.0. The van der Waals surface area contributed by atoms with Crippen LogP contribution in [0.5, 0.6) is 0 Å². The molecule has 0 aromatic heterocycles. The van der Waals surface area contributed by atoms with E-state index in [1.807, 2.05) is 0 Å². The Morgan fingerprint density at radius 1 is 0.194 bits per heavy atom. The molecule has 0 bridgehead atoms. The summed E-state index contributed by atoms with van der Waals surface area (Å²) in [5.41, 5.74) is -3.63. The first-order chi connectivity index (χ1) is 28.1. The van der Waals surface area contributed by atoms with Crippen LogP contribution in [0.25, 0.3) is 0 Å². The molecular weight excluding hydrogens is 986 g/mol. The number of carbonyl (C=O) groups is 10. The van der Waals surface area contributed by atoms with Gasteiger partial charge in [0.15, 0.2) is 0 Å². The van der Waals surface area contributed by atoms with Gasteiger partial charge in [-0.2, -0.15) is 0 Å². The standard InChI is InChI=1S/5C8H6O4.2Nb/c5*9-7(10)5-3-1-2-4-6(5)8(11)12;;/h5*1-4H,(H,9,10)(H,11,12);;/q;;;;;2*+5/p-10. The molecular formula is C40H20Nb2O20. The number of aromatic carboxylic acids is 10. The second-order valence-corrected chi connectivity index (χ2v) is 10.6. The predicted molar refractivity (Wildman–Crippen MR) is 176 cm³/mol. The molecule has 0 heterocycles. The van der Waals surface area contributed by atoms with Gasteiger partial charge >= 0.3 is 44.8 Å². The summed E-state index contributed by atoms with van der Waals surface area (Å²) in [6.07, 6.45) is 0. The van der Waals surface area contributed by atoms with Crippen LogP contribution in [0.15, 0.2) is 121 Å². The first kappa shape index (κ1) is 56.4. The maximum atomic E-state index is 10.3. The van der Waals surface area contributed by atoms with E-state index in [1.165, 1.54) is 60.7 Å². The van der Waals surface area contributed by atoms with Gasteiger partial charge in [-0.1, -0.05) is 121 Å². The van der Waals surface area contributed by atoms with Gasteiger partial charge in [0.25, 0.3) is 0 Å². The van der Waals surface area contributed by atoms with E-state index in [4.69, 9.17) is 0 Å². The Balaban J connectivity index is 0. The minimum atomic E-state index is -1.52. The molecule has 0 radical (unpaired) electrons. The van der Waals surface area contributed by atoms with Gasteiger partial charge in [-0.25, -0.2) is 0 Å². The van der Waals surface area contributed by atoms with Crippen molar-refractivity contribution in [3.8, 4) is 0 Å². The van der Waals surface area contributed by atoms with Crippen molar-refractivity contribution < 1.29 is 144 Å². The Labute approximate surface area is 378 Å². The minimum absolute atomic E-state index is 0. The van der Waals surface area contributed by atoms with Crippen molar-refractivity contribution in [3.05, 3.63) is 177 Å². The normalized spacial score (nSPS) is 9.03. The molecule has 5 aromatic rings. The summed E-state index contributed by atoms with van der Waals surface area (Å²) in [7, 11) is 0. The van der Waals surface area contributed by atoms with Gasteiger partial charge in [-0.3, -0.25) is 0 Å². The largest absolute Gasteiger partial charge is 5.00 e. The van der Waals surface area contributed by atoms with E-state index in [1.54, 1.807) is 0 Å². The van der Waals surface area contributed by atoms with Gasteiger partial charge < -0.3 is 99.0 Å². The minimum Gasteiger partial charge on any atom is -0.545 e. The summed E-state index contributed by atoms with van der Waals surface area (Å²) in [5, 5.41) is 103. The van der Waals surface area contributed by atoms with Crippen LogP contribution in [0.3, 0.4) is 0 Å². The molecule has 5 rings (SSSR count). The summed E-state index contributed by atoms with van der Waals surface area (Å²) in [6, 6.07) is 25.7. The number of hydrogen-bond donors (Lipinski definition) is 0. The summed E-state index contributed by atoms with van der Waals surface area (Å²) in [4.78, 5) is 103. The van der Waals surface area contributed by atoms with Crippen LogP contribution in [0.2, 0.25) is 0 Å². The van der Waals surface area contributed by atoms with E-state index in [9.17, 15) is 99.0 Å². The molecule has 0 unspecified atom stereocenters. The fourth-order valence-electron chi connectivity index (χ4n) is 4.20. The van der Waals surface area contributed by atoms with E-state index in [-0.39, 0.29) is 100 Å². The topological polar surface area (TPSA) is 401 Å². The van der Waals surface area contributed by atoms with Crippen LogP contribution in [0.1, 0.15) is 104 Å².